The van der Waals surface area contributed by atoms with Crippen LogP contribution in [-0.2, 0) is 9.53 Å². The summed E-state index contributed by atoms with van der Waals surface area (Å²) in [6.45, 7) is 5.27. The number of hydrogen-bond acceptors (Lipinski definition) is 8. The first-order valence-corrected chi connectivity index (χ1v) is 13.5. The summed E-state index contributed by atoms with van der Waals surface area (Å²) in [5.74, 6) is -0.680. The highest BCUT2D eigenvalue weighted by molar-refractivity contribution is 7.72. The van der Waals surface area contributed by atoms with Crippen LogP contribution in [0.4, 0.5) is 0 Å². The number of carboxylic acids is 1. The summed E-state index contributed by atoms with van der Waals surface area (Å²) >= 11 is 0. The Balaban J connectivity index is 1.94. The molecule has 0 bridgehead atoms. The number of rotatable bonds is 10. The average molecular weight is 445 g/mol. The highest BCUT2D eigenvalue weighted by Crippen LogP contribution is 2.38. The molecular formula is C20H37N4O5P. The monoisotopic (exact) mass is 444 g/mol. The average Bonchev–Trinajstić information content (AvgIpc) is 2.93. The highest BCUT2D eigenvalue weighted by atomic mass is 31.2. The largest absolute Gasteiger partial charge is 0.481 e. The molecule has 0 saturated carbocycles. The van der Waals surface area contributed by atoms with E-state index >= 15 is 0 Å². The number of nitrogens with zero attached hydrogens (tertiary/aromatic N) is 2. The minimum absolute atomic E-state index is 0.365. The van der Waals surface area contributed by atoms with E-state index in [9.17, 15) is 15.0 Å². The summed E-state index contributed by atoms with van der Waals surface area (Å²) in [6.07, 6.45) is 7.44. The van der Waals surface area contributed by atoms with Crippen molar-refractivity contribution in [3.8, 4) is 0 Å². The number of ether oxygens (including phenoxy) is 1. The number of nitrogens with one attached hydrogen (secondary N) is 1. The minimum Gasteiger partial charge on any atom is -0.481 e. The lowest BCUT2D eigenvalue weighted by atomic mass is 10.0. The summed E-state index contributed by atoms with van der Waals surface area (Å²) in [7, 11) is 0. The molecule has 9 nitrogen and oxygen atoms in total. The Morgan fingerprint density at radius 3 is 2.73 bits per heavy atom. The summed E-state index contributed by atoms with van der Waals surface area (Å²) in [5.41, 5.74) is 5.91. The zero-order valence-corrected chi connectivity index (χ0v) is 19.0. The van der Waals surface area contributed by atoms with E-state index < -0.39 is 43.6 Å². The van der Waals surface area contributed by atoms with Gasteiger partial charge in [-0.25, -0.2) is 4.99 Å². The van der Waals surface area contributed by atoms with Crippen LogP contribution in [-0.4, -0.2) is 95.2 Å². The van der Waals surface area contributed by atoms with Gasteiger partial charge in [-0.3, -0.25) is 9.69 Å². The lowest BCUT2D eigenvalue weighted by Gasteiger charge is -2.33. The standard InChI is InChI=1S/C20H37N4O5P/c1-13(19(27)28)7-5-6-10-22-20-23-15(21)8-11-24(20)18-17(26)16(25)14(29-18)9-12-30(2,3)4/h8,11,13-18,25-26H,2,5-7,9-10,12,21H2,1,3-4H3,(H,22,23)(H,27,28)/t13?,14-,15?,16-,17-,18-/m1/s1. The van der Waals surface area contributed by atoms with Crippen LogP contribution in [0.5, 0.6) is 0 Å². The second-order valence-electron chi connectivity index (χ2n) is 8.85. The normalized spacial score (nSPS) is 30.3. The Kier molecular flexibility index (Phi) is 8.94. The number of guanidine groups is 1. The van der Waals surface area contributed by atoms with Crippen LogP contribution in [0, 0.1) is 5.92 Å². The molecular weight excluding hydrogens is 407 g/mol. The molecule has 1 fully saturated rings. The molecule has 0 aliphatic carbocycles. The lowest BCUT2D eigenvalue weighted by Crippen LogP contribution is -2.51. The van der Waals surface area contributed by atoms with E-state index in [0.29, 0.717) is 25.3 Å². The van der Waals surface area contributed by atoms with Gasteiger partial charge in [-0.15, -0.1) is 13.2 Å². The number of hydrogen-bond donors (Lipinski definition) is 5. The van der Waals surface area contributed by atoms with E-state index in [1.807, 2.05) is 0 Å². The predicted molar refractivity (Wildman–Crippen MR) is 121 cm³/mol. The van der Waals surface area contributed by atoms with Crippen molar-refractivity contribution in [1.29, 1.82) is 0 Å². The van der Waals surface area contributed by atoms with E-state index in [-0.39, 0.29) is 5.92 Å². The van der Waals surface area contributed by atoms with Crippen molar-refractivity contribution in [3.63, 3.8) is 0 Å². The highest BCUT2D eigenvalue weighted by Gasteiger charge is 2.46. The van der Waals surface area contributed by atoms with E-state index in [0.717, 1.165) is 19.0 Å². The number of aliphatic hydroxyl groups excluding tert-OH is 2. The van der Waals surface area contributed by atoms with Crippen molar-refractivity contribution in [2.75, 3.05) is 26.0 Å². The third-order valence-electron chi connectivity index (χ3n) is 5.36. The molecule has 0 spiro atoms. The van der Waals surface area contributed by atoms with Crippen molar-refractivity contribution < 1.29 is 24.9 Å². The molecule has 2 heterocycles. The number of nitrogens with two attached hydrogens (primary N) is 1. The van der Waals surface area contributed by atoms with Gasteiger partial charge in [0.1, 0.15) is 18.4 Å². The summed E-state index contributed by atoms with van der Waals surface area (Å²) in [5, 5.41) is 33.2. The minimum atomic E-state index is -1.26. The first kappa shape index (κ1) is 24.9. The maximum atomic E-state index is 10.9. The molecule has 2 aliphatic heterocycles. The smallest absolute Gasteiger partial charge is 0.306 e. The van der Waals surface area contributed by atoms with Gasteiger partial charge in [-0.1, -0.05) is 13.3 Å². The predicted octanol–water partition coefficient (Wildman–Crippen LogP) is 0.483. The number of carboxylic acid groups (broad SMARTS) is 1. The first-order chi connectivity index (χ1) is 14.0. The van der Waals surface area contributed by atoms with Crippen LogP contribution in [0.1, 0.15) is 32.6 Å². The van der Waals surface area contributed by atoms with E-state index in [4.69, 9.17) is 15.6 Å². The Labute approximate surface area is 179 Å². The molecule has 0 radical (unpaired) electrons. The van der Waals surface area contributed by atoms with Gasteiger partial charge in [0.05, 0.1) is 12.0 Å². The van der Waals surface area contributed by atoms with Crippen molar-refractivity contribution >= 4 is 25.1 Å². The fraction of sp³-hybridized carbons (Fsp3) is 0.750. The van der Waals surface area contributed by atoms with Crippen LogP contribution in [0.3, 0.4) is 0 Å². The van der Waals surface area contributed by atoms with Crippen LogP contribution >= 0.6 is 6.89 Å². The van der Waals surface area contributed by atoms with Gasteiger partial charge < -0.3 is 31.1 Å². The Hall–Kier alpha value is -1.38. The molecule has 30 heavy (non-hydrogen) atoms. The fourth-order valence-corrected chi connectivity index (χ4v) is 4.37. The zero-order valence-electron chi connectivity index (χ0n) is 18.1. The number of carbonyl (C=O) groups is 1. The second-order valence-corrected chi connectivity index (χ2v) is 13.2. The Morgan fingerprint density at radius 2 is 2.10 bits per heavy atom. The van der Waals surface area contributed by atoms with Crippen LogP contribution in [0.25, 0.3) is 0 Å². The molecule has 172 valence electrons. The van der Waals surface area contributed by atoms with E-state index in [1.54, 1.807) is 24.1 Å². The van der Waals surface area contributed by atoms with Crippen LogP contribution in [0.15, 0.2) is 17.3 Å². The second kappa shape index (κ2) is 10.8. The van der Waals surface area contributed by atoms with Crippen molar-refractivity contribution in [2.24, 2.45) is 16.6 Å². The number of aliphatic imine (C=N–C) groups is 1. The fourth-order valence-electron chi connectivity index (χ4n) is 3.42. The van der Waals surface area contributed by atoms with Crippen molar-refractivity contribution in [1.82, 2.24) is 10.2 Å². The Morgan fingerprint density at radius 1 is 1.40 bits per heavy atom. The van der Waals surface area contributed by atoms with Gasteiger partial charge in [0.15, 0.2) is 6.23 Å². The van der Waals surface area contributed by atoms with E-state index in [1.165, 1.54) is 0 Å². The topological polar surface area (TPSA) is 141 Å². The molecule has 6 N–H and O–H groups in total. The molecule has 6 atom stereocenters. The number of aliphatic carboxylic acids is 1. The number of aliphatic hydroxyl groups is 2. The molecule has 2 unspecified atom stereocenters. The summed E-state index contributed by atoms with van der Waals surface area (Å²) in [4.78, 5) is 17.0. The van der Waals surface area contributed by atoms with Gasteiger partial charge in [-0.05, 0) is 44.8 Å². The molecule has 2 rings (SSSR count). The molecule has 0 aromatic heterocycles. The third-order valence-corrected chi connectivity index (χ3v) is 6.83. The Bertz CT molecular complexity index is 695. The van der Waals surface area contributed by atoms with E-state index in [2.05, 4.69) is 29.9 Å². The van der Waals surface area contributed by atoms with Gasteiger partial charge in [0.2, 0.25) is 5.96 Å². The first-order valence-electron chi connectivity index (χ1n) is 10.5. The molecule has 0 aromatic carbocycles. The molecule has 0 aromatic rings. The summed E-state index contributed by atoms with van der Waals surface area (Å²) < 4.78 is 6.01. The third kappa shape index (κ3) is 7.10. The molecule has 0 amide bonds. The SMILES string of the molecule is C=P(C)(C)CC[C@H]1O[C@@H](N2C=CC(N)N=C2NCCCCC(C)C(=O)O)[C@H](O)[C@@H]1O. The van der Waals surface area contributed by atoms with Crippen LogP contribution < -0.4 is 11.1 Å². The van der Waals surface area contributed by atoms with Gasteiger partial charge in [0, 0.05) is 12.7 Å². The maximum Gasteiger partial charge on any atom is 0.306 e. The van der Waals surface area contributed by atoms with Gasteiger partial charge in [0.25, 0.3) is 0 Å². The van der Waals surface area contributed by atoms with Crippen molar-refractivity contribution in [3.05, 3.63) is 12.3 Å². The van der Waals surface area contributed by atoms with Crippen molar-refractivity contribution in [2.45, 2.75) is 63.3 Å². The zero-order chi connectivity index (χ0) is 22.5. The van der Waals surface area contributed by atoms with Crippen LogP contribution in [0.2, 0.25) is 0 Å². The van der Waals surface area contributed by atoms with Gasteiger partial charge >= 0.3 is 5.97 Å². The maximum absolute atomic E-state index is 10.9. The molecule has 10 heteroatoms. The molecule has 2 aliphatic rings. The molecule has 1 saturated heterocycles. The lowest BCUT2D eigenvalue weighted by molar-refractivity contribution is -0.141. The quantitative estimate of drug-likeness (QED) is 0.242. The summed E-state index contributed by atoms with van der Waals surface area (Å²) in [6, 6.07) is 0. The van der Waals surface area contributed by atoms with Gasteiger partial charge in [-0.2, -0.15) is 0 Å². The number of unbranched alkanes of at least 4 members (excludes halogenated alkanes) is 1.